The lowest BCUT2D eigenvalue weighted by Crippen LogP contribution is -2.45. The van der Waals surface area contributed by atoms with Crippen molar-refractivity contribution < 1.29 is 14.0 Å². The van der Waals surface area contributed by atoms with E-state index in [2.05, 4.69) is 10.3 Å². The van der Waals surface area contributed by atoms with Crippen LogP contribution in [-0.2, 0) is 9.59 Å². The van der Waals surface area contributed by atoms with E-state index < -0.39 is 11.9 Å². The Morgan fingerprint density at radius 3 is 2.92 bits per heavy atom. The summed E-state index contributed by atoms with van der Waals surface area (Å²) in [6.07, 6.45) is 4.31. The van der Waals surface area contributed by atoms with Crippen LogP contribution < -0.4 is 5.32 Å². The Balaban J connectivity index is 1.42. The maximum absolute atomic E-state index is 13.3. The number of nitrogens with zero attached hydrogens (tertiary/aromatic N) is 2. The van der Waals surface area contributed by atoms with Crippen LogP contribution in [0.15, 0.2) is 48.8 Å². The summed E-state index contributed by atoms with van der Waals surface area (Å²) in [5, 5.41) is 2.72. The summed E-state index contributed by atoms with van der Waals surface area (Å²) in [6, 6.07) is 9.10. The number of nitrogens with one attached hydrogen (secondary N) is 1. The van der Waals surface area contributed by atoms with E-state index in [4.69, 9.17) is 0 Å². The quantitative estimate of drug-likeness (QED) is 0.898. The largest absolute Gasteiger partial charge is 0.324 e. The number of carbonyl (C=O) groups excluding carboxylic acids is 2. The molecule has 2 aromatic rings. The molecule has 26 heavy (non-hydrogen) atoms. The van der Waals surface area contributed by atoms with Crippen molar-refractivity contribution in [1.82, 2.24) is 9.88 Å². The van der Waals surface area contributed by atoms with Gasteiger partial charge in [0.05, 0.1) is 5.88 Å². The molecule has 2 amide bonds. The molecule has 0 spiro atoms. The summed E-state index contributed by atoms with van der Waals surface area (Å²) < 4.78 is 13.3. The van der Waals surface area contributed by atoms with Crippen molar-refractivity contribution in [2.24, 2.45) is 5.92 Å². The summed E-state index contributed by atoms with van der Waals surface area (Å²) in [5.41, 5.74) is 1.47. The van der Waals surface area contributed by atoms with Gasteiger partial charge in [-0.25, -0.2) is 4.39 Å². The first kappa shape index (κ1) is 17.0. The standard InChI is InChI=1S/C19H18FN3O2S/c20-13-4-1-5-14(7-13)22-18(24)17-10-26-11-23(17)19(25)16-8-15(16)12-3-2-6-21-9-12/h1-7,9,15-17H,8,10-11H2,(H,22,24). The van der Waals surface area contributed by atoms with E-state index in [-0.39, 0.29) is 23.7 Å². The molecule has 0 radical (unpaired) electrons. The van der Waals surface area contributed by atoms with E-state index in [1.807, 2.05) is 12.1 Å². The molecule has 1 aliphatic heterocycles. The number of halogens is 1. The van der Waals surface area contributed by atoms with Crippen molar-refractivity contribution in [2.75, 3.05) is 16.9 Å². The maximum Gasteiger partial charge on any atom is 0.248 e. The Hall–Kier alpha value is -2.41. The zero-order valence-electron chi connectivity index (χ0n) is 14.0. The Morgan fingerprint density at radius 2 is 2.15 bits per heavy atom. The number of carbonyl (C=O) groups is 2. The van der Waals surface area contributed by atoms with Gasteiger partial charge in [0.2, 0.25) is 11.8 Å². The molecule has 134 valence electrons. The zero-order valence-corrected chi connectivity index (χ0v) is 14.8. The van der Waals surface area contributed by atoms with E-state index >= 15 is 0 Å². The predicted octanol–water partition coefficient (Wildman–Crippen LogP) is 2.86. The molecule has 4 rings (SSSR count). The molecule has 1 aromatic carbocycles. The first-order chi connectivity index (χ1) is 12.6. The molecule has 0 bridgehead atoms. The fourth-order valence-electron chi connectivity index (χ4n) is 3.31. The first-order valence-electron chi connectivity index (χ1n) is 8.48. The molecule has 3 unspecified atom stereocenters. The molecule has 2 heterocycles. The second kappa shape index (κ2) is 7.07. The molecule has 2 aliphatic rings. The van der Waals surface area contributed by atoms with Gasteiger partial charge in [0.1, 0.15) is 11.9 Å². The van der Waals surface area contributed by atoms with Crippen molar-refractivity contribution in [3.63, 3.8) is 0 Å². The third-order valence-electron chi connectivity index (χ3n) is 4.78. The highest BCUT2D eigenvalue weighted by Crippen LogP contribution is 2.49. The number of rotatable bonds is 4. The highest BCUT2D eigenvalue weighted by Gasteiger charge is 2.48. The SMILES string of the molecule is O=C(Nc1cccc(F)c1)C1CSCN1C(=O)C1CC1c1cccnc1. The van der Waals surface area contributed by atoms with Gasteiger partial charge in [-0.3, -0.25) is 14.6 Å². The predicted molar refractivity (Wildman–Crippen MR) is 98.1 cm³/mol. The van der Waals surface area contributed by atoms with Crippen LogP contribution in [0.4, 0.5) is 10.1 Å². The monoisotopic (exact) mass is 371 g/mol. The molecule has 7 heteroatoms. The van der Waals surface area contributed by atoms with Crippen LogP contribution in [-0.4, -0.2) is 39.4 Å². The third-order valence-corrected chi connectivity index (χ3v) is 5.79. The van der Waals surface area contributed by atoms with Crippen LogP contribution in [0.3, 0.4) is 0 Å². The van der Waals surface area contributed by atoms with Gasteiger partial charge < -0.3 is 10.2 Å². The van der Waals surface area contributed by atoms with Crippen LogP contribution in [0.5, 0.6) is 0 Å². The van der Waals surface area contributed by atoms with Gasteiger partial charge in [-0.15, -0.1) is 11.8 Å². The van der Waals surface area contributed by atoms with Crippen molar-refractivity contribution in [1.29, 1.82) is 0 Å². The third kappa shape index (κ3) is 3.44. The van der Waals surface area contributed by atoms with E-state index in [0.29, 0.717) is 17.3 Å². The van der Waals surface area contributed by atoms with Gasteiger partial charge in [-0.1, -0.05) is 12.1 Å². The number of hydrogen-bond acceptors (Lipinski definition) is 4. The van der Waals surface area contributed by atoms with E-state index in [1.165, 1.54) is 12.1 Å². The smallest absolute Gasteiger partial charge is 0.248 e. The molecule has 1 N–H and O–H groups in total. The van der Waals surface area contributed by atoms with Crippen LogP contribution in [0.1, 0.15) is 17.9 Å². The molecular weight excluding hydrogens is 353 g/mol. The lowest BCUT2D eigenvalue weighted by molar-refractivity contribution is -0.137. The number of hydrogen-bond donors (Lipinski definition) is 1. The van der Waals surface area contributed by atoms with E-state index in [1.54, 1.807) is 41.2 Å². The fraction of sp³-hybridized carbons (Fsp3) is 0.316. The normalized spacial score (nSPS) is 24.3. The van der Waals surface area contributed by atoms with Crippen LogP contribution in [0.2, 0.25) is 0 Å². The Labute approximate surface area is 155 Å². The molecular formula is C19H18FN3O2S. The summed E-state index contributed by atoms with van der Waals surface area (Å²) in [5.74, 6) is 0.508. The van der Waals surface area contributed by atoms with Crippen molar-refractivity contribution in [3.8, 4) is 0 Å². The van der Waals surface area contributed by atoms with Crippen LogP contribution in [0, 0.1) is 11.7 Å². The average Bonchev–Trinajstić information content (AvgIpc) is 3.29. The van der Waals surface area contributed by atoms with Gasteiger partial charge >= 0.3 is 0 Å². The summed E-state index contributed by atoms with van der Waals surface area (Å²) >= 11 is 1.56. The van der Waals surface area contributed by atoms with E-state index in [9.17, 15) is 14.0 Å². The number of amides is 2. The van der Waals surface area contributed by atoms with E-state index in [0.717, 1.165) is 12.0 Å². The number of anilines is 1. The molecule has 1 aromatic heterocycles. The highest BCUT2D eigenvalue weighted by atomic mass is 32.2. The lowest BCUT2D eigenvalue weighted by atomic mass is 10.1. The second-order valence-electron chi connectivity index (χ2n) is 6.56. The lowest BCUT2D eigenvalue weighted by Gasteiger charge is -2.23. The molecule has 1 saturated heterocycles. The van der Waals surface area contributed by atoms with Gasteiger partial charge in [-0.05, 0) is 42.2 Å². The average molecular weight is 371 g/mol. The number of aromatic nitrogens is 1. The molecule has 2 fully saturated rings. The van der Waals surface area contributed by atoms with Crippen molar-refractivity contribution in [3.05, 3.63) is 60.2 Å². The van der Waals surface area contributed by atoms with Crippen LogP contribution in [0.25, 0.3) is 0 Å². The summed E-state index contributed by atoms with van der Waals surface area (Å²) in [4.78, 5) is 31.2. The Bertz CT molecular complexity index is 833. The second-order valence-corrected chi connectivity index (χ2v) is 7.56. The highest BCUT2D eigenvalue weighted by molar-refractivity contribution is 7.99. The van der Waals surface area contributed by atoms with Gasteiger partial charge in [0.15, 0.2) is 0 Å². The minimum absolute atomic E-state index is 0.0169. The fourth-order valence-corrected chi connectivity index (χ4v) is 4.48. The van der Waals surface area contributed by atoms with Crippen molar-refractivity contribution >= 4 is 29.3 Å². The Kier molecular flexibility index (Phi) is 4.63. The molecule has 1 aliphatic carbocycles. The van der Waals surface area contributed by atoms with Crippen molar-refractivity contribution in [2.45, 2.75) is 18.4 Å². The minimum atomic E-state index is -0.522. The molecule has 3 atom stereocenters. The van der Waals surface area contributed by atoms with Gasteiger partial charge in [0.25, 0.3) is 0 Å². The number of benzene rings is 1. The Morgan fingerprint density at radius 1 is 1.27 bits per heavy atom. The number of thioether (sulfide) groups is 1. The maximum atomic E-state index is 13.3. The summed E-state index contributed by atoms with van der Waals surface area (Å²) in [7, 11) is 0. The van der Waals surface area contributed by atoms with Gasteiger partial charge in [-0.2, -0.15) is 0 Å². The number of pyridine rings is 1. The zero-order chi connectivity index (χ0) is 18.1. The van der Waals surface area contributed by atoms with Crippen LogP contribution >= 0.6 is 11.8 Å². The summed E-state index contributed by atoms with van der Waals surface area (Å²) in [6.45, 7) is 0. The minimum Gasteiger partial charge on any atom is -0.324 e. The molecule has 5 nitrogen and oxygen atoms in total. The topological polar surface area (TPSA) is 62.3 Å². The van der Waals surface area contributed by atoms with Gasteiger partial charge in [0, 0.05) is 29.8 Å². The first-order valence-corrected chi connectivity index (χ1v) is 9.63. The molecule has 1 saturated carbocycles.